The van der Waals surface area contributed by atoms with Gasteiger partial charge in [-0.1, -0.05) is 13.3 Å². The Hall–Kier alpha value is -0.450. The normalized spacial score (nSPS) is 16.8. The molecule has 0 saturated carbocycles. The average Bonchev–Trinajstić information content (AvgIpc) is 2.97. The van der Waals surface area contributed by atoms with Gasteiger partial charge in [-0.2, -0.15) is 0 Å². The Morgan fingerprint density at radius 1 is 1.41 bits per heavy atom. The third-order valence-electron chi connectivity index (χ3n) is 3.17. The van der Waals surface area contributed by atoms with Crippen molar-refractivity contribution >= 4 is 11.3 Å². The second-order valence-electron chi connectivity index (χ2n) is 4.75. The molecule has 1 fully saturated rings. The molecule has 96 valence electrons. The Morgan fingerprint density at radius 2 is 2.24 bits per heavy atom. The third kappa shape index (κ3) is 4.37. The highest BCUT2D eigenvalue weighted by Crippen LogP contribution is 2.16. The molecule has 0 aliphatic carbocycles. The van der Waals surface area contributed by atoms with E-state index in [4.69, 9.17) is 0 Å². The zero-order valence-corrected chi connectivity index (χ0v) is 11.6. The highest BCUT2D eigenvalue weighted by Gasteiger charge is 2.13. The Kier molecular flexibility index (Phi) is 5.42. The van der Waals surface area contributed by atoms with Gasteiger partial charge in [-0.3, -0.25) is 4.90 Å². The number of rotatable bonds is 7. The molecule has 0 aromatic carbocycles. The van der Waals surface area contributed by atoms with Crippen LogP contribution in [0.4, 0.5) is 0 Å². The predicted octanol–water partition coefficient (Wildman–Crippen LogP) is 2.63. The van der Waals surface area contributed by atoms with E-state index in [2.05, 4.69) is 27.5 Å². The smallest absolute Gasteiger partial charge is 0.107 e. The lowest BCUT2D eigenvalue weighted by atomic mass is 10.3. The molecule has 0 bridgehead atoms. The summed E-state index contributed by atoms with van der Waals surface area (Å²) in [7, 11) is 0. The summed E-state index contributed by atoms with van der Waals surface area (Å²) in [6.45, 7) is 7.82. The molecule has 0 amide bonds. The van der Waals surface area contributed by atoms with Crippen LogP contribution in [-0.4, -0.2) is 29.5 Å². The number of hydrogen-bond donors (Lipinski definition) is 1. The van der Waals surface area contributed by atoms with Crippen molar-refractivity contribution in [2.75, 3.05) is 19.6 Å². The first kappa shape index (κ1) is 13.0. The number of unbranched alkanes of at least 4 members (excludes halogenated alkanes) is 1. The quantitative estimate of drug-likeness (QED) is 0.757. The summed E-state index contributed by atoms with van der Waals surface area (Å²) in [6, 6.07) is 0. The lowest BCUT2D eigenvalue weighted by Gasteiger charge is -2.11. The zero-order valence-electron chi connectivity index (χ0n) is 10.7. The molecule has 1 saturated heterocycles. The first-order valence-electron chi connectivity index (χ1n) is 6.75. The maximum atomic E-state index is 4.69. The molecule has 1 aromatic heterocycles. The molecular weight excluding hydrogens is 230 g/mol. The van der Waals surface area contributed by atoms with Gasteiger partial charge in [0.25, 0.3) is 0 Å². The van der Waals surface area contributed by atoms with Crippen molar-refractivity contribution in [2.24, 2.45) is 0 Å². The van der Waals surface area contributed by atoms with Crippen molar-refractivity contribution in [3.8, 4) is 0 Å². The summed E-state index contributed by atoms with van der Waals surface area (Å²) in [5.41, 5.74) is 1.21. The van der Waals surface area contributed by atoms with Gasteiger partial charge in [0.05, 0.1) is 12.2 Å². The molecule has 4 heteroatoms. The molecule has 2 heterocycles. The van der Waals surface area contributed by atoms with Gasteiger partial charge in [-0.25, -0.2) is 4.98 Å². The van der Waals surface area contributed by atoms with E-state index in [9.17, 15) is 0 Å². The maximum absolute atomic E-state index is 4.69. The third-order valence-corrected chi connectivity index (χ3v) is 4.05. The van der Waals surface area contributed by atoms with Gasteiger partial charge in [-0.05, 0) is 38.9 Å². The monoisotopic (exact) mass is 253 g/mol. The number of hydrogen-bond acceptors (Lipinski definition) is 4. The lowest BCUT2D eigenvalue weighted by Crippen LogP contribution is -2.18. The average molecular weight is 253 g/mol. The van der Waals surface area contributed by atoms with Crippen LogP contribution in [-0.2, 0) is 13.1 Å². The van der Waals surface area contributed by atoms with E-state index in [-0.39, 0.29) is 0 Å². The SMILES string of the molecule is CCCCNCc1csc(CN2CCCC2)n1. The fourth-order valence-corrected chi connectivity index (χ4v) is 2.99. The number of aromatic nitrogens is 1. The molecule has 0 atom stereocenters. The van der Waals surface area contributed by atoms with E-state index in [0.717, 1.165) is 19.6 Å². The Bertz CT molecular complexity index is 318. The van der Waals surface area contributed by atoms with Gasteiger partial charge in [0.1, 0.15) is 5.01 Å². The Balaban J connectivity index is 1.71. The van der Waals surface area contributed by atoms with Crippen LogP contribution in [0.5, 0.6) is 0 Å². The zero-order chi connectivity index (χ0) is 11.9. The fourth-order valence-electron chi connectivity index (χ4n) is 2.15. The van der Waals surface area contributed by atoms with Gasteiger partial charge >= 0.3 is 0 Å². The molecule has 0 spiro atoms. The largest absolute Gasteiger partial charge is 0.311 e. The summed E-state index contributed by atoms with van der Waals surface area (Å²) in [5.74, 6) is 0. The van der Waals surface area contributed by atoms with Gasteiger partial charge in [-0.15, -0.1) is 11.3 Å². The van der Waals surface area contributed by atoms with Crippen LogP contribution >= 0.6 is 11.3 Å². The van der Waals surface area contributed by atoms with Crippen molar-refractivity contribution in [1.29, 1.82) is 0 Å². The Morgan fingerprint density at radius 3 is 3.00 bits per heavy atom. The molecule has 0 radical (unpaired) electrons. The van der Waals surface area contributed by atoms with Gasteiger partial charge in [0, 0.05) is 11.9 Å². The summed E-state index contributed by atoms with van der Waals surface area (Å²) < 4.78 is 0. The minimum Gasteiger partial charge on any atom is -0.311 e. The lowest BCUT2D eigenvalue weighted by molar-refractivity contribution is 0.330. The number of nitrogens with zero attached hydrogens (tertiary/aromatic N) is 2. The van der Waals surface area contributed by atoms with Gasteiger partial charge in [0.2, 0.25) is 0 Å². The van der Waals surface area contributed by atoms with Crippen LogP contribution in [0.15, 0.2) is 5.38 Å². The molecule has 2 rings (SSSR count). The van der Waals surface area contributed by atoms with Gasteiger partial charge in [0.15, 0.2) is 0 Å². The van der Waals surface area contributed by atoms with Crippen LogP contribution in [0.1, 0.15) is 43.3 Å². The Labute approximate surface area is 108 Å². The molecule has 0 unspecified atom stereocenters. The molecule has 1 aliphatic heterocycles. The first-order chi connectivity index (χ1) is 8.38. The van der Waals surface area contributed by atoms with Crippen LogP contribution in [0.25, 0.3) is 0 Å². The highest BCUT2D eigenvalue weighted by molar-refractivity contribution is 7.09. The molecule has 17 heavy (non-hydrogen) atoms. The molecule has 1 aromatic rings. The molecule has 1 aliphatic rings. The van der Waals surface area contributed by atoms with E-state index in [1.165, 1.54) is 49.5 Å². The summed E-state index contributed by atoms with van der Waals surface area (Å²) in [6.07, 6.45) is 5.22. The van der Waals surface area contributed by atoms with Crippen LogP contribution < -0.4 is 5.32 Å². The maximum Gasteiger partial charge on any atom is 0.107 e. The van der Waals surface area contributed by atoms with E-state index in [0.29, 0.717) is 0 Å². The number of likely N-dealkylation sites (tertiary alicyclic amines) is 1. The van der Waals surface area contributed by atoms with Crippen LogP contribution in [0.2, 0.25) is 0 Å². The summed E-state index contributed by atoms with van der Waals surface area (Å²) >= 11 is 1.81. The van der Waals surface area contributed by atoms with E-state index < -0.39 is 0 Å². The van der Waals surface area contributed by atoms with Crippen molar-refractivity contribution in [1.82, 2.24) is 15.2 Å². The van der Waals surface area contributed by atoms with Crippen molar-refractivity contribution < 1.29 is 0 Å². The van der Waals surface area contributed by atoms with Gasteiger partial charge < -0.3 is 5.32 Å². The fraction of sp³-hybridized carbons (Fsp3) is 0.769. The van der Waals surface area contributed by atoms with Crippen molar-refractivity contribution in [3.63, 3.8) is 0 Å². The standard InChI is InChI=1S/C13H23N3S/c1-2-3-6-14-9-12-11-17-13(15-12)10-16-7-4-5-8-16/h11,14H,2-10H2,1H3. The van der Waals surface area contributed by atoms with E-state index in [1.807, 2.05) is 11.3 Å². The molecular formula is C13H23N3S. The number of nitrogens with one attached hydrogen (secondary N) is 1. The predicted molar refractivity (Wildman–Crippen MR) is 73.2 cm³/mol. The van der Waals surface area contributed by atoms with Crippen LogP contribution in [0.3, 0.4) is 0 Å². The van der Waals surface area contributed by atoms with Crippen molar-refractivity contribution in [3.05, 3.63) is 16.1 Å². The molecule has 3 nitrogen and oxygen atoms in total. The topological polar surface area (TPSA) is 28.2 Å². The molecule has 1 N–H and O–H groups in total. The van der Waals surface area contributed by atoms with E-state index in [1.54, 1.807) is 0 Å². The van der Waals surface area contributed by atoms with Crippen LogP contribution in [0, 0.1) is 0 Å². The first-order valence-corrected chi connectivity index (χ1v) is 7.63. The summed E-state index contributed by atoms with van der Waals surface area (Å²) in [5, 5.41) is 6.92. The highest BCUT2D eigenvalue weighted by atomic mass is 32.1. The second-order valence-corrected chi connectivity index (χ2v) is 5.69. The minimum absolute atomic E-state index is 0.927. The summed E-state index contributed by atoms with van der Waals surface area (Å²) in [4.78, 5) is 7.19. The second kappa shape index (κ2) is 7.09. The van der Waals surface area contributed by atoms with E-state index >= 15 is 0 Å². The minimum atomic E-state index is 0.927. The van der Waals surface area contributed by atoms with Crippen molar-refractivity contribution in [2.45, 2.75) is 45.7 Å². The number of thiazole rings is 1.